The number of methoxy groups -OCH3 is 1. The summed E-state index contributed by atoms with van der Waals surface area (Å²) in [5, 5.41) is 10.7. The average Bonchev–Trinajstić information content (AvgIpc) is 2.36. The Morgan fingerprint density at radius 2 is 2.06 bits per heavy atom. The molecular formula is C12H11NO5. The molecule has 0 bridgehead atoms. The summed E-state index contributed by atoms with van der Waals surface area (Å²) in [4.78, 5) is 32.3. The van der Waals surface area contributed by atoms with Crippen molar-refractivity contribution in [3.63, 3.8) is 0 Å². The third kappa shape index (κ3) is 3.82. The Kier molecular flexibility index (Phi) is 4.74. The Morgan fingerprint density at radius 3 is 2.67 bits per heavy atom. The van der Waals surface area contributed by atoms with Crippen LogP contribution in [0.3, 0.4) is 0 Å². The fourth-order valence-corrected chi connectivity index (χ4v) is 1.25. The number of para-hydroxylation sites is 1. The van der Waals surface area contributed by atoms with Crippen LogP contribution < -0.4 is 0 Å². The zero-order chi connectivity index (χ0) is 13.5. The number of carbonyl (C=O) groups excluding carboxylic acids is 2. The van der Waals surface area contributed by atoms with Crippen molar-refractivity contribution in [2.75, 3.05) is 7.11 Å². The molecule has 0 unspecified atom stereocenters. The van der Waals surface area contributed by atoms with Crippen LogP contribution in [0.15, 0.2) is 30.3 Å². The number of benzene rings is 1. The molecule has 0 aliphatic carbocycles. The number of hydrogen-bond donors (Lipinski definition) is 0. The van der Waals surface area contributed by atoms with Crippen molar-refractivity contribution in [1.29, 1.82) is 0 Å². The van der Waals surface area contributed by atoms with Crippen LogP contribution in [0.4, 0.5) is 5.69 Å². The first-order valence-electron chi connectivity index (χ1n) is 5.05. The number of ether oxygens (including phenoxy) is 1. The van der Waals surface area contributed by atoms with Gasteiger partial charge in [-0.25, -0.2) is 0 Å². The molecule has 0 radical (unpaired) electrons. The fraction of sp³-hybridized carbons (Fsp3) is 0.167. The van der Waals surface area contributed by atoms with Crippen LogP contribution in [0.25, 0.3) is 6.08 Å². The molecule has 1 rings (SSSR count). The number of nitro groups is 1. The van der Waals surface area contributed by atoms with Gasteiger partial charge in [0.15, 0.2) is 5.78 Å². The molecule has 0 amide bonds. The Balaban J connectivity index is 2.81. The number of hydrogen-bond acceptors (Lipinski definition) is 5. The Morgan fingerprint density at radius 1 is 1.39 bits per heavy atom. The summed E-state index contributed by atoms with van der Waals surface area (Å²) >= 11 is 0. The van der Waals surface area contributed by atoms with Crippen molar-refractivity contribution in [3.05, 3.63) is 46.0 Å². The van der Waals surface area contributed by atoms with Gasteiger partial charge in [-0.1, -0.05) is 12.1 Å². The van der Waals surface area contributed by atoms with Gasteiger partial charge in [-0.05, 0) is 18.2 Å². The van der Waals surface area contributed by atoms with Crippen LogP contribution in [-0.4, -0.2) is 23.8 Å². The number of allylic oxidation sites excluding steroid dienone is 1. The number of carbonyl (C=O) groups is 2. The highest BCUT2D eigenvalue weighted by Crippen LogP contribution is 2.18. The second-order valence-electron chi connectivity index (χ2n) is 3.37. The van der Waals surface area contributed by atoms with Crippen molar-refractivity contribution < 1.29 is 19.2 Å². The van der Waals surface area contributed by atoms with Crippen molar-refractivity contribution in [2.45, 2.75) is 6.42 Å². The van der Waals surface area contributed by atoms with Crippen molar-refractivity contribution in [1.82, 2.24) is 0 Å². The first-order chi connectivity index (χ1) is 8.54. The lowest BCUT2D eigenvalue weighted by Gasteiger charge is -1.96. The van der Waals surface area contributed by atoms with E-state index in [-0.39, 0.29) is 12.1 Å². The van der Waals surface area contributed by atoms with Crippen molar-refractivity contribution in [3.8, 4) is 0 Å². The van der Waals surface area contributed by atoms with E-state index in [0.717, 1.165) is 6.08 Å². The fourth-order valence-electron chi connectivity index (χ4n) is 1.25. The van der Waals surface area contributed by atoms with Gasteiger partial charge in [-0.2, -0.15) is 0 Å². The molecule has 0 heterocycles. The zero-order valence-electron chi connectivity index (χ0n) is 9.66. The number of ketones is 1. The van der Waals surface area contributed by atoms with Crippen LogP contribution in [0.2, 0.25) is 0 Å². The summed E-state index contributed by atoms with van der Waals surface area (Å²) in [6.07, 6.45) is 2.05. The van der Waals surface area contributed by atoms with Gasteiger partial charge in [-0.15, -0.1) is 0 Å². The van der Waals surface area contributed by atoms with Crippen LogP contribution in [0, 0.1) is 10.1 Å². The van der Waals surface area contributed by atoms with E-state index >= 15 is 0 Å². The van der Waals surface area contributed by atoms with E-state index in [1.807, 2.05) is 0 Å². The van der Waals surface area contributed by atoms with E-state index in [9.17, 15) is 19.7 Å². The minimum Gasteiger partial charge on any atom is -0.469 e. The molecule has 6 heteroatoms. The largest absolute Gasteiger partial charge is 0.469 e. The first-order valence-corrected chi connectivity index (χ1v) is 5.05. The smallest absolute Gasteiger partial charge is 0.313 e. The Labute approximate surface area is 103 Å². The molecule has 0 saturated heterocycles. The van der Waals surface area contributed by atoms with Crippen LogP contribution >= 0.6 is 0 Å². The molecule has 0 saturated carbocycles. The van der Waals surface area contributed by atoms with E-state index in [1.165, 1.54) is 31.4 Å². The van der Waals surface area contributed by atoms with Crippen LogP contribution in [-0.2, 0) is 14.3 Å². The highest BCUT2D eigenvalue weighted by atomic mass is 16.6. The van der Waals surface area contributed by atoms with E-state index in [1.54, 1.807) is 6.07 Å². The lowest BCUT2D eigenvalue weighted by molar-refractivity contribution is -0.385. The lowest BCUT2D eigenvalue weighted by Crippen LogP contribution is -2.06. The summed E-state index contributed by atoms with van der Waals surface area (Å²) < 4.78 is 4.33. The first kappa shape index (κ1) is 13.6. The van der Waals surface area contributed by atoms with Crippen molar-refractivity contribution in [2.24, 2.45) is 0 Å². The maximum absolute atomic E-state index is 11.3. The number of esters is 1. The summed E-state index contributed by atoms with van der Waals surface area (Å²) in [7, 11) is 1.18. The monoisotopic (exact) mass is 249 g/mol. The minimum atomic E-state index is -0.646. The van der Waals surface area contributed by atoms with Gasteiger partial charge < -0.3 is 4.74 Å². The van der Waals surface area contributed by atoms with Gasteiger partial charge >= 0.3 is 5.97 Å². The normalized spacial score (nSPS) is 10.3. The predicted molar refractivity (Wildman–Crippen MR) is 63.8 cm³/mol. The third-order valence-electron chi connectivity index (χ3n) is 2.13. The Hall–Kier alpha value is -2.50. The molecule has 6 nitrogen and oxygen atoms in total. The topological polar surface area (TPSA) is 86.5 Å². The molecule has 1 aromatic carbocycles. The molecule has 0 aliphatic heterocycles. The van der Waals surface area contributed by atoms with E-state index in [2.05, 4.69) is 4.74 Å². The average molecular weight is 249 g/mol. The highest BCUT2D eigenvalue weighted by molar-refractivity contribution is 6.04. The van der Waals surface area contributed by atoms with Gasteiger partial charge in [0.2, 0.25) is 0 Å². The second-order valence-corrected chi connectivity index (χ2v) is 3.37. The summed E-state index contributed by atoms with van der Waals surface area (Å²) in [6, 6.07) is 6.01. The van der Waals surface area contributed by atoms with E-state index in [0.29, 0.717) is 5.56 Å². The van der Waals surface area contributed by atoms with E-state index < -0.39 is 16.7 Å². The summed E-state index contributed by atoms with van der Waals surface area (Å²) in [6.45, 7) is 0. The third-order valence-corrected chi connectivity index (χ3v) is 2.13. The summed E-state index contributed by atoms with van der Waals surface area (Å²) in [5.74, 6) is -1.12. The van der Waals surface area contributed by atoms with Gasteiger partial charge in [0, 0.05) is 6.07 Å². The Bertz CT molecular complexity index is 507. The number of rotatable bonds is 5. The molecule has 0 atom stereocenters. The van der Waals surface area contributed by atoms with Gasteiger partial charge in [0.25, 0.3) is 5.69 Å². The maximum Gasteiger partial charge on any atom is 0.313 e. The van der Waals surface area contributed by atoms with Crippen molar-refractivity contribution >= 4 is 23.5 Å². The van der Waals surface area contributed by atoms with Gasteiger partial charge in [-0.3, -0.25) is 19.7 Å². The molecule has 94 valence electrons. The van der Waals surface area contributed by atoms with Gasteiger partial charge in [0.1, 0.15) is 6.42 Å². The summed E-state index contributed by atoms with van der Waals surface area (Å²) in [5.41, 5.74) is 0.209. The number of nitrogens with zero attached hydrogens (tertiary/aromatic N) is 1. The van der Waals surface area contributed by atoms with E-state index in [4.69, 9.17) is 0 Å². The lowest BCUT2D eigenvalue weighted by atomic mass is 10.1. The second kappa shape index (κ2) is 6.29. The van der Waals surface area contributed by atoms with Gasteiger partial charge in [0.05, 0.1) is 17.6 Å². The van der Waals surface area contributed by atoms with Crippen LogP contribution in [0.5, 0.6) is 0 Å². The SMILES string of the molecule is COC(=O)CC(=O)C=Cc1ccccc1[N+](=O)[O-]. The highest BCUT2D eigenvalue weighted by Gasteiger charge is 2.10. The molecule has 0 N–H and O–H groups in total. The standard InChI is InChI=1S/C12H11NO5/c1-18-12(15)8-10(14)7-6-9-4-2-3-5-11(9)13(16)17/h2-7H,8H2,1H3. The molecule has 0 aliphatic rings. The number of nitro benzene ring substituents is 1. The quantitative estimate of drug-likeness (QED) is 0.261. The minimum absolute atomic E-state index is 0.0976. The molecule has 1 aromatic rings. The molecule has 0 spiro atoms. The molecule has 0 aromatic heterocycles. The molecule has 0 fully saturated rings. The van der Waals surface area contributed by atoms with Crippen LogP contribution in [0.1, 0.15) is 12.0 Å². The zero-order valence-corrected chi connectivity index (χ0v) is 9.66. The maximum atomic E-state index is 11.3. The predicted octanol–water partition coefficient (Wildman–Crippen LogP) is 1.74. The molecular weight excluding hydrogens is 238 g/mol. The molecule has 18 heavy (non-hydrogen) atoms.